The van der Waals surface area contributed by atoms with Crippen molar-refractivity contribution in [3.8, 4) is 0 Å². The van der Waals surface area contributed by atoms with Crippen molar-refractivity contribution < 1.29 is 14.4 Å². The highest BCUT2D eigenvalue weighted by atomic mass is 16.2. The first kappa shape index (κ1) is 21.3. The molecule has 0 bridgehead atoms. The summed E-state index contributed by atoms with van der Waals surface area (Å²) in [5, 5.41) is 6.00. The van der Waals surface area contributed by atoms with E-state index in [4.69, 9.17) is 5.73 Å². The number of benzene rings is 1. The van der Waals surface area contributed by atoms with Crippen LogP contribution in [0.5, 0.6) is 0 Å². The minimum atomic E-state index is -0.286. The highest BCUT2D eigenvalue weighted by molar-refractivity contribution is 5.83. The van der Waals surface area contributed by atoms with Crippen LogP contribution in [0.2, 0.25) is 0 Å². The van der Waals surface area contributed by atoms with E-state index in [2.05, 4.69) is 22.8 Å². The molecule has 2 saturated heterocycles. The lowest BCUT2D eigenvalue weighted by atomic mass is 10.1. The molecule has 3 amide bonds. The molecule has 3 rings (SSSR count). The SMILES string of the molecule is NCC(=O)NC1CNC(C(=O)N2CCN(C(=O)CCCc3ccccc3)CC2)C1. The summed E-state index contributed by atoms with van der Waals surface area (Å²) in [6.07, 6.45) is 2.85. The third-order valence-electron chi connectivity index (χ3n) is 5.62. The van der Waals surface area contributed by atoms with Gasteiger partial charge in [0, 0.05) is 45.2 Å². The largest absolute Gasteiger partial charge is 0.351 e. The Balaban J connectivity index is 1.37. The molecule has 2 fully saturated rings. The van der Waals surface area contributed by atoms with Crippen LogP contribution in [-0.2, 0) is 20.8 Å². The van der Waals surface area contributed by atoms with E-state index in [0.717, 1.165) is 12.8 Å². The Bertz CT molecular complexity index is 704. The fourth-order valence-corrected chi connectivity index (χ4v) is 3.96. The van der Waals surface area contributed by atoms with Crippen molar-refractivity contribution in [1.29, 1.82) is 0 Å². The number of rotatable bonds is 7. The van der Waals surface area contributed by atoms with Crippen LogP contribution in [0.15, 0.2) is 30.3 Å². The van der Waals surface area contributed by atoms with Crippen molar-refractivity contribution in [2.75, 3.05) is 39.3 Å². The lowest BCUT2D eigenvalue weighted by Gasteiger charge is -2.36. The molecule has 158 valence electrons. The maximum Gasteiger partial charge on any atom is 0.239 e. The Labute approximate surface area is 171 Å². The number of hydrogen-bond donors (Lipinski definition) is 3. The number of amides is 3. The van der Waals surface area contributed by atoms with Gasteiger partial charge in [-0.1, -0.05) is 30.3 Å². The first-order chi connectivity index (χ1) is 14.1. The van der Waals surface area contributed by atoms with Crippen LogP contribution in [-0.4, -0.2) is 78.9 Å². The Morgan fingerprint density at radius 3 is 2.45 bits per heavy atom. The summed E-state index contributed by atoms with van der Waals surface area (Å²) in [4.78, 5) is 40.3. The summed E-state index contributed by atoms with van der Waals surface area (Å²) in [5.41, 5.74) is 6.57. The van der Waals surface area contributed by atoms with Crippen molar-refractivity contribution in [2.45, 2.75) is 37.8 Å². The monoisotopic (exact) mass is 401 g/mol. The van der Waals surface area contributed by atoms with Crippen LogP contribution < -0.4 is 16.4 Å². The normalized spacial score (nSPS) is 21.8. The van der Waals surface area contributed by atoms with E-state index in [9.17, 15) is 14.4 Å². The standard InChI is InChI=1S/C21H31N5O3/c22-14-19(27)24-17-13-18(23-15-17)21(29)26-11-9-25(10-12-26)20(28)8-4-7-16-5-2-1-3-6-16/h1-3,5-6,17-18,23H,4,7-15,22H2,(H,24,27). The van der Waals surface area contributed by atoms with E-state index >= 15 is 0 Å². The number of carbonyl (C=O) groups is 3. The first-order valence-electron chi connectivity index (χ1n) is 10.4. The molecule has 0 aliphatic carbocycles. The summed E-state index contributed by atoms with van der Waals surface area (Å²) in [6, 6.07) is 9.84. The van der Waals surface area contributed by atoms with Gasteiger partial charge in [0.1, 0.15) is 0 Å². The summed E-state index contributed by atoms with van der Waals surface area (Å²) in [5.74, 6) is 0.00606. The van der Waals surface area contributed by atoms with E-state index in [-0.39, 0.29) is 36.3 Å². The molecule has 0 radical (unpaired) electrons. The van der Waals surface area contributed by atoms with E-state index in [1.807, 2.05) is 28.0 Å². The van der Waals surface area contributed by atoms with Gasteiger partial charge in [0.25, 0.3) is 0 Å². The van der Waals surface area contributed by atoms with E-state index in [1.165, 1.54) is 5.56 Å². The Kier molecular flexibility index (Phi) is 7.60. The van der Waals surface area contributed by atoms with Gasteiger partial charge in [-0.25, -0.2) is 0 Å². The van der Waals surface area contributed by atoms with Crippen LogP contribution in [0, 0.1) is 0 Å². The predicted molar refractivity (Wildman–Crippen MR) is 110 cm³/mol. The lowest BCUT2D eigenvalue weighted by molar-refractivity contribution is -0.140. The molecule has 8 nitrogen and oxygen atoms in total. The topological polar surface area (TPSA) is 108 Å². The number of aryl methyl sites for hydroxylation is 1. The average molecular weight is 402 g/mol. The third-order valence-corrected chi connectivity index (χ3v) is 5.62. The van der Waals surface area contributed by atoms with E-state index < -0.39 is 0 Å². The maximum absolute atomic E-state index is 12.7. The lowest BCUT2D eigenvalue weighted by Crippen LogP contribution is -2.54. The number of piperazine rings is 1. The molecule has 4 N–H and O–H groups in total. The number of carbonyl (C=O) groups excluding carboxylic acids is 3. The summed E-state index contributed by atoms with van der Waals surface area (Å²) in [7, 11) is 0. The second-order valence-corrected chi connectivity index (χ2v) is 7.71. The molecule has 2 atom stereocenters. The van der Waals surface area contributed by atoms with Crippen molar-refractivity contribution in [3.63, 3.8) is 0 Å². The maximum atomic E-state index is 12.7. The molecule has 0 saturated carbocycles. The van der Waals surface area contributed by atoms with Crippen LogP contribution in [0.25, 0.3) is 0 Å². The van der Waals surface area contributed by atoms with Crippen LogP contribution in [0.4, 0.5) is 0 Å². The fourth-order valence-electron chi connectivity index (χ4n) is 3.96. The Morgan fingerprint density at radius 1 is 1.07 bits per heavy atom. The summed E-state index contributed by atoms with van der Waals surface area (Å²) < 4.78 is 0. The van der Waals surface area contributed by atoms with Crippen molar-refractivity contribution in [1.82, 2.24) is 20.4 Å². The highest BCUT2D eigenvalue weighted by Crippen LogP contribution is 2.13. The van der Waals surface area contributed by atoms with Gasteiger partial charge in [0.2, 0.25) is 17.7 Å². The zero-order valence-electron chi connectivity index (χ0n) is 16.8. The van der Waals surface area contributed by atoms with Gasteiger partial charge in [-0.15, -0.1) is 0 Å². The smallest absolute Gasteiger partial charge is 0.239 e. The minimum absolute atomic E-state index is 0.0452. The quantitative estimate of drug-likeness (QED) is 0.570. The van der Waals surface area contributed by atoms with Gasteiger partial charge in [0.15, 0.2) is 0 Å². The Morgan fingerprint density at radius 2 is 1.76 bits per heavy atom. The van der Waals surface area contributed by atoms with Crippen molar-refractivity contribution in [3.05, 3.63) is 35.9 Å². The Hall–Kier alpha value is -2.45. The molecule has 29 heavy (non-hydrogen) atoms. The van der Waals surface area contributed by atoms with Crippen LogP contribution >= 0.6 is 0 Å². The van der Waals surface area contributed by atoms with Crippen LogP contribution in [0.3, 0.4) is 0 Å². The van der Waals surface area contributed by atoms with Gasteiger partial charge >= 0.3 is 0 Å². The number of nitrogens with one attached hydrogen (secondary N) is 2. The predicted octanol–water partition coefficient (Wildman–Crippen LogP) is -0.514. The molecule has 2 aliphatic rings. The van der Waals surface area contributed by atoms with Gasteiger partial charge in [0.05, 0.1) is 12.6 Å². The molecule has 1 aromatic carbocycles. The minimum Gasteiger partial charge on any atom is -0.351 e. The third kappa shape index (κ3) is 6.01. The first-order valence-corrected chi connectivity index (χ1v) is 10.4. The molecule has 0 spiro atoms. The van der Waals surface area contributed by atoms with E-state index in [1.54, 1.807) is 0 Å². The fraction of sp³-hybridized carbons (Fsp3) is 0.571. The summed E-state index contributed by atoms with van der Waals surface area (Å²) in [6.45, 7) is 2.80. The van der Waals surface area contributed by atoms with E-state index in [0.29, 0.717) is 45.6 Å². The second kappa shape index (κ2) is 10.4. The van der Waals surface area contributed by atoms with Crippen molar-refractivity contribution >= 4 is 17.7 Å². The number of hydrogen-bond acceptors (Lipinski definition) is 5. The zero-order chi connectivity index (χ0) is 20.6. The molecule has 2 unspecified atom stereocenters. The van der Waals surface area contributed by atoms with Crippen LogP contribution in [0.1, 0.15) is 24.8 Å². The molecule has 2 heterocycles. The molecule has 2 aliphatic heterocycles. The molecular weight excluding hydrogens is 370 g/mol. The van der Waals surface area contributed by atoms with Crippen molar-refractivity contribution in [2.24, 2.45) is 5.73 Å². The van der Waals surface area contributed by atoms with Gasteiger partial charge in [-0.2, -0.15) is 0 Å². The molecule has 1 aromatic rings. The molecule has 0 aromatic heterocycles. The highest BCUT2D eigenvalue weighted by Gasteiger charge is 2.34. The average Bonchev–Trinajstić information content (AvgIpc) is 3.22. The van der Waals surface area contributed by atoms with Gasteiger partial charge in [-0.05, 0) is 24.8 Å². The summed E-state index contributed by atoms with van der Waals surface area (Å²) >= 11 is 0. The number of nitrogens with zero attached hydrogens (tertiary/aromatic N) is 2. The number of nitrogens with two attached hydrogens (primary N) is 1. The van der Waals surface area contributed by atoms with Gasteiger partial charge in [-0.3, -0.25) is 14.4 Å². The molecular formula is C21H31N5O3. The molecule has 8 heteroatoms. The van der Waals surface area contributed by atoms with Gasteiger partial charge < -0.3 is 26.2 Å². The second-order valence-electron chi connectivity index (χ2n) is 7.71. The zero-order valence-corrected chi connectivity index (χ0v) is 16.8.